The highest BCUT2D eigenvalue weighted by Gasteiger charge is 2.25. The van der Waals surface area contributed by atoms with Crippen LogP contribution in [-0.4, -0.2) is 42.8 Å². The van der Waals surface area contributed by atoms with Gasteiger partial charge in [0, 0.05) is 12.8 Å². The highest BCUT2D eigenvalue weighted by Crippen LogP contribution is 2.43. The number of phosphoric acid groups is 1. The van der Waals surface area contributed by atoms with Crippen molar-refractivity contribution in [2.45, 2.75) is 213 Å². The van der Waals surface area contributed by atoms with E-state index in [4.69, 9.17) is 18.5 Å². The molecule has 0 aromatic heterocycles. The summed E-state index contributed by atoms with van der Waals surface area (Å²) in [6.07, 6.45) is 45.0. The molecule has 0 bridgehead atoms. The number of rotatable bonds is 40. The van der Waals surface area contributed by atoms with Gasteiger partial charge in [0.2, 0.25) is 0 Å². The van der Waals surface area contributed by atoms with E-state index >= 15 is 0 Å². The summed E-state index contributed by atoms with van der Waals surface area (Å²) in [5.74, 6) is -0.826. The fourth-order valence-electron chi connectivity index (χ4n) is 6.06. The molecule has 0 aliphatic carbocycles. The largest absolute Gasteiger partial charge is 0.472 e. The summed E-state index contributed by atoms with van der Waals surface area (Å²) in [5, 5.41) is 0. The second-order valence-corrected chi connectivity index (χ2v) is 15.8. The second kappa shape index (κ2) is 39.9. The van der Waals surface area contributed by atoms with Crippen LogP contribution >= 0.6 is 7.82 Å². The monoisotopic (exact) mass is 769 g/mol. The zero-order valence-corrected chi connectivity index (χ0v) is 35.3. The lowest BCUT2D eigenvalue weighted by Gasteiger charge is -2.19. The zero-order chi connectivity index (χ0) is 38.9. The molecule has 0 aromatic rings. The van der Waals surface area contributed by atoms with E-state index in [1.54, 1.807) is 6.92 Å². The van der Waals surface area contributed by atoms with Crippen LogP contribution in [0, 0.1) is 0 Å². The second-order valence-electron chi connectivity index (χ2n) is 14.3. The van der Waals surface area contributed by atoms with Gasteiger partial charge in [-0.05, 0) is 51.9 Å². The highest BCUT2D eigenvalue weighted by atomic mass is 31.2. The molecule has 0 rings (SSSR count). The number of carbonyl (C=O) groups is 2. The molecule has 9 heteroatoms. The summed E-state index contributed by atoms with van der Waals surface area (Å²) < 4.78 is 32.6. The van der Waals surface area contributed by atoms with E-state index in [2.05, 4.69) is 50.3 Å². The van der Waals surface area contributed by atoms with E-state index in [1.165, 1.54) is 109 Å². The number of ether oxygens (including phenoxy) is 2. The lowest BCUT2D eigenvalue weighted by molar-refractivity contribution is -0.161. The van der Waals surface area contributed by atoms with Crippen molar-refractivity contribution in [2.75, 3.05) is 19.8 Å². The highest BCUT2D eigenvalue weighted by molar-refractivity contribution is 7.47. The average molecular weight is 769 g/mol. The lowest BCUT2D eigenvalue weighted by atomic mass is 10.0. The number of hydrogen-bond acceptors (Lipinski definition) is 7. The van der Waals surface area contributed by atoms with Gasteiger partial charge in [-0.1, -0.05) is 179 Å². The first-order valence-electron chi connectivity index (χ1n) is 21.8. The standard InChI is InChI=1S/C44H81O8P/c1-4-7-9-11-13-15-17-19-20-21-22-23-24-25-27-28-30-32-34-36-38-43(45)49-40-42(41-51-53(47,48)50-6-3)52-44(46)39-37-35-33-31-29-26-18-16-14-12-10-8-5-2/h8,10,14,16,26,29,42H,4-7,9,11-13,15,17-25,27-28,30-41H2,1-3H3,(H,47,48)/b10-8-,16-14-,29-26-. The predicted octanol–water partition coefficient (Wildman–Crippen LogP) is 13.6. The SMILES string of the molecule is CC/C=C\C/C=C\C/C=C\CCCCCC(=O)OC(COC(=O)CCCCCCCCCCCCCCCCCCCCCC)COP(=O)(O)OCC. The first-order chi connectivity index (χ1) is 25.8. The fraction of sp³-hybridized carbons (Fsp3) is 0.818. The maximum Gasteiger partial charge on any atom is 0.472 e. The van der Waals surface area contributed by atoms with Crippen LogP contribution in [0.25, 0.3) is 0 Å². The van der Waals surface area contributed by atoms with Gasteiger partial charge in [0.25, 0.3) is 0 Å². The van der Waals surface area contributed by atoms with Crippen LogP contribution in [-0.2, 0) is 32.7 Å². The van der Waals surface area contributed by atoms with Crippen molar-refractivity contribution in [2.24, 2.45) is 0 Å². The molecule has 2 unspecified atom stereocenters. The first-order valence-corrected chi connectivity index (χ1v) is 23.3. The third kappa shape index (κ3) is 39.8. The topological polar surface area (TPSA) is 108 Å². The van der Waals surface area contributed by atoms with Crippen LogP contribution < -0.4 is 0 Å². The molecule has 0 aromatic carbocycles. The minimum atomic E-state index is -4.28. The lowest BCUT2D eigenvalue weighted by Crippen LogP contribution is -2.29. The minimum absolute atomic E-state index is 0.00474. The average Bonchev–Trinajstić information content (AvgIpc) is 3.13. The Morgan fingerprint density at radius 3 is 1.45 bits per heavy atom. The van der Waals surface area contributed by atoms with Gasteiger partial charge in [-0.2, -0.15) is 0 Å². The van der Waals surface area contributed by atoms with Gasteiger partial charge in [-0.25, -0.2) is 4.57 Å². The number of carbonyl (C=O) groups excluding carboxylic acids is 2. The van der Waals surface area contributed by atoms with Gasteiger partial charge < -0.3 is 14.4 Å². The molecular formula is C44H81O8P. The van der Waals surface area contributed by atoms with Crippen LogP contribution in [0.5, 0.6) is 0 Å². The number of unbranched alkanes of at least 4 members (excludes halogenated alkanes) is 22. The Hall–Kier alpha value is -1.73. The third-order valence-corrected chi connectivity index (χ3v) is 10.3. The van der Waals surface area contributed by atoms with E-state index in [9.17, 15) is 19.0 Å². The molecule has 0 spiro atoms. The molecule has 0 aliphatic heterocycles. The van der Waals surface area contributed by atoms with Crippen LogP contribution in [0.3, 0.4) is 0 Å². The van der Waals surface area contributed by atoms with E-state index in [0.29, 0.717) is 12.8 Å². The Morgan fingerprint density at radius 1 is 0.528 bits per heavy atom. The van der Waals surface area contributed by atoms with Crippen molar-refractivity contribution in [3.8, 4) is 0 Å². The quantitative estimate of drug-likeness (QED) is 0.0284. The number of esters is 2. The van der Waals surface area contributed by atoms with Gasteiger partial charge >= 0.3 is 19.8 Å². The van der Waals surface area contributed by atoms with Gasteiger partial charge in [0.15, 0.2) is 6.10 Å². The molecule has 0 amide bonds. The Kier molecular flexibility index (Phi) is 38.6. The number of hydrogen-bond donors (Lipinski definition) is 1. The van der Waals surface area contributed by atoms with E-state index in [0.717, 1.165) is 57.8 Å². The van der Waals surface area contributed by atoms with E-state index < -0.39 is 26.5 Å². The van der Waals surface area contributed by atoms with Crippen molar-refractivity contribution in [3.63, 3.8) is 0 Å². The molecule has 0 aliphatic rings. The molecule has 1 N–H and O–H groups in total. The van der Waals surface area contributed by atoms with Crippen molar-refractivity contribution in [1.82, 2.24) is 0 Å². The smallest absolute Gasteiger partial charge is 0.462 e. The Labute approximate surface area is 325 Å². The summed E-state index contributed by atoms with van der Waals surface area (Å²) in [6.45, 7) is 5.34. The Bertz CT molecular complexity index is 963. The molecule has 0 radical (unpaired) electrons. The molecule has 310 valence electrons. The van der Waals surface area contributed by atoms with Crippen molar-refractivity contribution in [1.29, 1.82) is 0 Å². The third-order valence-electron chi connectivity index (χ3n) is 9.21. The van der Waals surface area contributed by atoms with Crippen LogP contribution in [0.4, 0.5) is 0 Å². The zero-order valence-electron chi connectivity index (χ0n) is 34.4. The summed E-state index contributed by atoms with van der Waals surface area (Å²) in [5.41, 5.74) is 0. The van der Waals surface area contributed by atoms with Gasteiger partial charge in [-0.3, -0.25) is 18.6 Å². The number of allylic oxidation sites excluding steroid dienone is 6. The van der Waals surface area contributed by atoms with Crippen molar-refractivity contribution < 1.29 is 37.6 Å². The van der Waals surface area contributed by atoms with Crippen molar-refractivity contribution in [3.05, 3.63) is 36.5 Å². The van der Waals surface area contributed by atoms with Crippen LogP contribution in [0.15, 0.2) is 36.5 Å². The Balaban J connectivity index is 4.03. The summed E-state index contributed by atoms with van der Waals surface area (Å²) in [4.78, 5) is 34.7. The predicted molar refractivity (Wildman–Crippen MR) is 221 cm³/mol. The summed E-state index contributed by atoms with van der Waals surface area (Å²) >= 11 is 0. The van der Waals surface area contributed by atoms with Crippen LogP contribution in [0.1, 0.15) is 207 Å². The van der Waals surface area contributed by atoms with Gasteiger partial charge in [0.05, 0.1) is 13.2 Å². The Morgan fingerprint density at radius 2 is 0.962 bits per heavy atom. The molecule has 8 nitrogen and oxygen atoms in total. The molecule has 2 atom stereocenters. The summed E-state index contributed by atoms with van der Waals surface area (Å²) in [6, 6.07) is 0. The van der Waals surface area contributed by atoms with Crippen LogP contribution in [0.2, 0.25) is 0 Å². The van der Waals surface area contributed by atoms with Gasteiger partial charge in [0.1, 0.15) is 6.61 Å². The minimum Gasteiger partial charge on any atom is -0.462 e. The first kappa shape index (κ1) is 51.3. The molecule has 53 heavy (non-hydrogen) atoms. The summed E-state index contributed by atoms with van der Waals surface area (Å²) in [7, 11) is -4.28. The maximum atomic E-state index is 12.5. The van der Waals surface area contributed by atoms with Gasteiger partial charge in [-0.15, -0.1) is 0 Å². The normalized spacial score (nSPS) is 13.7. The molecular weight excluding hydrogens is 687 g/mol. The van der Waals surface area contributed by atoms with Crippen molar-refractivity contribution >= 4 is 19.8 Å². The van der Waals surface area contributed by atoms with E-state index in [-0.39, 0.29) is 25.6 Å². The molecule has 0 fully saturated rings. The molecule has 0 heterocycles. The number of phosphoric ester groups is 1. The molecule has 0 saturated carbocycles. The maximum absolute atomic E-state index is 12.5. The van der Waals surface area contributed by atoms with E-state index in [1.807, 2.05) is 0 Å². The molecule has 0 saturated heterocycles. The fourth-order valence-corrected chi connectivity index (χ4v) is 6.81.